The van der Waals surface area contributed by atoms with Gasteiger partial charge in [-0.15, -0.1) is 0 Å². The number of fused-ring (bicyclic) bond motifs is 1. The molecule has 5 heteroatoms. The lowest BCUT2D eigenvalue weighted by atomic mass is 9.84. The van der Waals surface area contributed by atoms with Gasteiger partial charge in [-0.3, -0.25) is 4.79 Å². The molecule has 4 rings (SSSR count). The first-order chi connectivity index (χ1) is 11.3. The van der Waals surface area contributed by atoms with Crippen molar-refractivity contribution in [3.05, 3.63) is 24.2 Å². The van der Waals surface area contributed by atoms with E-state index in [0.29, 0.717) is 17.7 Å². The maximum absolute atomic E-state index is 12.5. The highest BCUT2D eigenvalue weighted by Gasteiger charge is 2.35. The van der Waals surface area contributed by atoms with Gasteiger partial charge in [-0.1, -0.05) is 13.3 Å². The zero-order valence-electron chi connectivity index (χ0n) is 13.7. The van der Waals surface area contributed by atoms with Crippen LogP contribution in [0.2, 0.25) is 0 Å². The third-order valence-corrected chi connectivity index (χ3v) is 5.30. The van der Waals surface area contributed by atoms with Crippen molar-refractivity contribution >= 4 is 17.1 Å². The molecule has 2 aromatic heterocycles. The number of hydrogen-bond donors (Lipinski definition) is 0. The Labute approximate surface area is 136 Å². The molecule has 0 unspecified atom stereocenters. The van der Waals surface area contributed by atoms with Crippen molar-refractivity contribution in [2.75, 3.05) is 13.1 Å². The van der Waals surface area contributed by atoms with E-state index in [0.717, 1.165) is 62.3 Å². The van der Waals surface area contributed by atoms with Gasteiger partial charge in [-0.25, -0.2) is 9.97 Å². The molecule has 1 aliphatic carbocycles. The van der Waals surface area contributed by atoms with E-state index in [-0.39, 0.29) is 0 Å². The van der Waals surface area contributed by atoms with Crippen molar-refractivity contribution in [3.63, 3.8) is 0 Å². The first-order valence-electron chi connectivity index (χ1n) is 8.88. The molecule has 0 radical (unpaired) electrons. The highest BCUT2D eigenvalue weighted by molar-refractivity contribution is 5.80. The number of pyridine rings is 1. The Bertz CT molecular complexity index is 719. The molecular weight excluding hydrogens is 288 g/mol. The van der Waals surface area contributed by atoms with Crippen LogP contribution in [-0.2, 0) is 11.3 Å². The fourth-order valence-electron chi connectivity index (χ4n) is 3.82. The van der Waals surface area contributed by atoms with Crippen molar-refractivity contribution in [2.24, 2.45) is 5.92 Å². The number of carbonyl (C=O) groups is 1. The van der Waals surface area contributed by atoms with Crippen LogP contribution in [0.3, 0.4) is 0 Å². The van der Waals surface area contributed by atoms with Crippen LogP contribution in [-0.4, -0.2) is 38.4 Å². The van der Waals surface area contributed by atoms with E-state index < -0.39 is 0 Å². The molecule has 2 fully saturated rings. The Hall–Kier alpha value is -1.91. The normalized spacial score (nSPS) is 21.8. The number of likely N-dealkylation sites (tertiary alicyclic amines) is 1. The van der Waals surface area contributed by atoms with E-state index in [4.69, 9.17) is 4.98 Å². The Balaban J connectivity index is 1.59. The Morgan fingerprint density at radius 1 is 1.35 bits per heavy atom. The SMILES string of the molecule is CCCn1c([C@H]2CCN(C(=O)C3CCC3)C2)nc2cccnc21. The van der Waals surface area contributed by atoms with Crippen LogP contribution in [0.15, 0.2) is 18.3 Å². The second-order valence-corrected chi connectivity index (χ2v) is 6.87. The third kappa shape index (κ3) is 2.52. The second kappa shape index (κ2) is 5.95. The van der Waals surface area contributed by atoms with Crippen molar-refractivity contribution in [1.29, 1.82) is 0 Å². The maximum atomic E-state index is 12.5. The van der Waals surface area contributed by atoms with Gasteiger partial charge in [0.2, 0.25) is 5.91 Å². The standard InChI is InChI=1S/C18H24N4O/c1-2-10-22-16(20-15-7-4-9-19-17(15)22)14-8-11-21(12-14)18(23)13-5-3-6-13/h4,7,9,13-14H,2-3,5-6,8,10-12H2,1H3/t14-/m0/s1. The lowest BCUT2D eigenvalue weighted by Crippen LogP contribution is -2.37. The van der Waals surface area contributed by atoms with Crippen molar-refractivity contribution in [3.8, 4) is 0 Å². The van der Waals surface area contributed by atoms with Crippen LogP contribution in [0.4, 0.5) is 0 Å². The molecule has 5 nitrogen and oxygen atoms in total. The Morgan fingerprint density at radius 2 is 2.22 bits per heavy atom. The Kier molecular flexibility index (Phi) is 3.79. The van der Waals surface area contributed by atoms with Crippen molar-refractivity contribution in [1.82, 2.24) is 19.4 Å². The molecule has 0 spiro atoms. The van der Waals surface area contributed by atoms with Gasteiger partial charge in [-0.05, 0) is 37.8 Å². The molecule has 0 bridgehead atoms. The highest BCUT2D eigenvalue weighted by Crippen LogP contribution is 2.33. The van der Waals surface area contributed by atoms with Crippen LogP contribution in [0.1, 0.15) is 50.8 Å². The number of aromatic nitrogens is 3. The third-order valence-electron chi connectivity index (χ3n) is 5.30. The fraction of sp³-hybridized carbons (Fsp3) is 0.611. The number of imidazole rings is 1. The minimum absolute atomic E-state index is 0.296. The summed E-state index contributed by atoms with van der Waals surface area (Å²) in [4.78, 5) is 23.9. The Morgan fingerprint density at radius 3 is 2.96 bits per heavy atom. The number of carbonyl (C=O) groups excluding carboxylic acids is 1. The predicted molar refractivity (Wildman–Crippen MR) is 89.1 cm³/mol. The average molecular weight is 312 g/mol. The van der Waals surface area contributed by atoms with E-state index in [9.17, 15) is 4.79 Å². The van der Waals surface area contributed by atoms with Crippen molar-refractivity contribution in [2.45, 2.75) is 51.5 Å². The second-order valence-electron chi connectivity index (χ2n) is 6.87. The molecule has 1 saturated heterocycles. The summed E-state index contributed by atoms with van der Waals surface area (Å²) in [6.45, 7) is 4.82. The number of aryl methyl sites for hydroxylation is 1. The van der Waals surface area contributed by atoms with E-state index in [1.807, 2.05) is 18.3 Å². The zero-order chi connectivity index (χ0) is 15.8. The predicted octanol–water partition coefficient (Wildman–Crippen LogP) is 2.96. The van der Waals surface area contributed by atoms with Gasteiger partial charge in [0, 0.05) is 37.7 Å². The number of rotatable bonds is 4. The monoisotopic (exact) mass is 312 g/mol. The molecule has 0 aromatic carbocycles. The van der Waals surface area contributed by atoms with Crippen LogP contribution in [0, 0.1) is 5.92 Å². The maximum Gasteiger partial charge on any atom is 0.225 e. The van der Waals surface area contributed by atoms with Gasteiger partial charge in [0.15, 0.2) is 5.65 Å². The molecule has 2 aliphatic rings. The number of hydrogen-bond acceptors (Lipinski definition) is 3. The van der Waals surface area contributed by atoms with Gasteiger partial charge in [0.05, 0.1) is 0 Å². The smallest absolute Gasteiger partial charge is 0.225 e. The summed E-state index contributed by atoms with van der Waals surface area (Å²) >= 11 is 0. The highest BCUT2D eigenvalue weighted by atomic mass is 16.2. The molecule has 2 aromatic rings. The molecule has 23 heavy (non-hydrogen) atoms. The van der Waals surface area contributed by atoms with Crippen LogP contribution in [0.25, 0.3) is 11.2 Å². The lowest BCUT2D eigenvalue weighted by molar-refractivity contribution is -0.137. The van der Waals surface area contributed by atoms with E-state index >= 15 is 0 Å². The molecular formula is C18H24N4O. The van der Waals surface area contributed by atoms with Crippen LogP contribution < -0.4 is 0 Å². The minimum Gasteiger partial charge on any atom is -0.342 e. The molecule has 1 amide bonds. The number of amides is 1. The molecule has 1 atom stereocenters. The summed E-state index contributed by atoms with van der Waals surface area (Å²) in [6.07, 6.45) is 7.29. The first kappa shape index (κ1) is 14.7. The molecule has 122 valence electrons. The minimum atomic E-state index is 0.296. The molecule has 1 saturated carbocycles. The van der Waals surface area contributed by atoms with E-state index in [2.05, 4.69) is 21.4 Å². The zero-order valence-corrected chi connectivity index (χ0v) is 13.7. The first-order valence-corrected chi connectivity index (χ1v) is 8.88. The summed E-state index contributed by atoms with van der Waals surface area (Å²) in [7, 11) is 0. The van der Waals surface area contributed by atoms with Gasteiger partial charge in [-0.2, -0.15) is 0 Å². The summed E-state index contributed by atoms with van der Waals surface area (Å²) in [6, 6.07) is 3.97. The summed E-state index contributed by atoms with van der Waals surface area (Å²) in [5.41, 5.74) is 1.95. The van der Waals surface area contributed by atoms with E-state index in [1.54, 1.807) is 0 Å². The van der Waals surface area contributed by atoms with Crippen LogP contribution >= 0.6 is 0 Å². The largest absolute Gasteiger partial charge is 0.342 e. The van der Waals surface area contributed by atoms with Gasteiger partial charge >= 0.3 is 0 Å². The summed E-state index contributed by atoms with van der Waals surface area (Å²) in [5.74, 6) is 2.13. The van der Waals surface area contributed by atoms with E-state index in [1.165, 1.54) is 6.42 Å². The average Bonchev–Trinajstić information content (AvgIpc) is 3.11. The summed E-state index contributed by atoms with van der Waals surface area (Å²) in [5, 5.41) is 0. The molecule has 1 aliphatic heterocycles. The molecule has 0 N–H and O–H groups in total. The fourth-order valence-corrected chi connectivity index (χ4v) is 3.82. The van der Waals surface area contributed by atoms with Gasteiger partial charge < -0.3 is 9.47 Å². The summed E-state index contributed by atoms with van der Waals surface area (Å²) < 4.78 is 2.26. The van der Waals surface area contributed by atoms with Crippen molar-refractivity contribution < 1.29 is 4.79 Å². The van der Waals surface area contributed by atoms with Gasteiger partial charge in [0.1, 0.15) is 11.3 Å². The van der Waals surface area contributed by atoms with Gasteiger partial charge in [0.25, 0.3) is 0 Å². The number of nitrogens with zero attached hydrogens (tertiary/aromatic N) is 4. The molecule has 3 heterocycles. The lowest BCUT2D eigenvalue weighted by Gasteiger charge is -2.29. The quantitative estimate of drug-likeness (QED) is 0.872. The topological polar surface area (TPSA) is 51.0 Å². The van der Waals surface area contributed by atoms with Crippen LogP contribution in [0.5, 0.6) is 0 Å².